The zero-order valence-corrected chi connectivity index (χ0v) is 8.53. The Morgan fingerprint density at radius 3 is 2.69 bits per heavy atom. The van der Waals surface area contributed by atoms with Crippen LogP contribution in [-0.2, 0) is 0 Å². The van der Waals surface area contributed by atoms with Crippen molar-refractivity contribution in [3.63, 3.8) is 0 Å². The van der Waals surface area contributed by atoms with Gasteiger partial charge in [0.1, 0.15) is 5.82 Å². The molecule has 0 aliphatic carbocycles. The van der Waals surface area contributed by atoms with Gasteiger partial charge in [0.05, 0.1) is 5.02 Å². The maximum Gasteiger partial charge on any atom is 0.145 e. The summed E-state index contributed by atoms with van der Waals surface area (Å²) in [7, 11) is 0. The Labute approximate surface area is 82.7 Å². The molecule has 0 heterocycles. The van der Waals surface area contributed by atoms with Gasteiger partial charge in [-0.3, -0.25) is 0 Å². The maximum absolute atomic E-state index is 13.4. The Morgan fingerprint density at radius 1 is 1.54 bits per heavy atom. The number of hydrogen-bond acceptors (Lipinski definition) is 1. The molecule has 0 amide bonds. The van der Waals surface area contributed by atoms with Crippen LogP contribution in [0.1, 0.15) is 24.0 Å². The second-order valence-electron chi connectivity index (χ2n) is 3.29. The highest BCUT2D eigenvalue weighted by molar-refractivity contribution is 6.30. The minimum atomic E-state index is -0.342. The molecule has 1 unspecified atom stereocenters. The third kappa shape index (κ3) is 2.20. The van der Waals surface area contributed by atoms with Gasteiger partial charge in [-0.05, 0) is 36.6 Å². The lowest BCUT2D eigenvalue weighted by Gasteiger charge is -2.11. The summed E-state index contributed by atoms with van der Waals surface area (Å²) in [6.45, 7) is 4.20. The molecule has 0 bridgehead atoms. The van der Waals surface area contributed by atoms with Crippen LogP contribution in [0.5, 0.6) is 0 Å². The van der Waals surface area contributed by atoms with Crippen molar-refractivity contribution in [3.8, 4) is 0 Å². The molecule has 3 heteroatoms. The van der Waals surface area contributed by atoms with E-state index < -0.39 is 0 Å². The maximum atomic E-state index is 13.4. The number of hydrogen-bond donors (Lipinski definition) is 1. The van der Waals surface area contributed by atoms with Crippen LogP contribution in [0, 0.1) is 12.7 Å². The number of aryl methyl sites for hydroxylation is 1. The first-order chi connectivity index (χ1) is 6.06. The normalized spacial score (nSPS) is 13.0. The molecule has 0 aliphatic heterocycles. The minimum Gasteiger partial charge on any atom is -0.330 e. The number of nitrogens with two attached hydrogens (primary N) is 1. The quantitative estimate of drug-likeness (QED) is 0.783. The lowest BCUT2D eigenvalue weighted by molar-refractivity contribution is 0.590. The van der Waals surface area contributed by atoms with Gasteiger partial charge < -0.3 is 5.73 Å². The van der Waals surface area contributed by atoms with Gasteiger partial charge >= 0.3 is 0 Å². The highest BCUT2D eigenvalue weighted by atomic mass is 35.5. The van der Waals surface area contributed by atoms with Gasteiger partial charge in [0.2, 0.25) is 0 Å². The fourth-order valence-corrected chi connectivity index (χ4v) is 1.52. The van der Waals surface area contributed by atoms with Crippen molar-refractivity contribution in [2.24, 2.45) is 5.73 Å². The number of benzene rings is 1. The molecule has 1 aromatic carbocycles. The Kier molecular flexibility index (Phi) is 3.28. The minimum absolute atomic E-state index is 0.0115. The zero-order valence-electron chi connectivity index (χ0n) is 7.77. The first-order valence-corrected chi connectivity index (χ1v) is 4.59. The van der Waals surface area contributed by atoms with Crippen molar-refractivity contribution in [1.82, 2.24) is 0 Å². The van der Waals surface area contributed by atoms with E-state index in [0.29, 0.717) is 12.1 Å². The second-order valence-corrected chi connectivity index (χ2v) is 3.69. The van der Waals surface area contributed by atoms with E-state index in [1.54, 1.807) is 12.1 Å². The standard InChI is InChI=1S/C10H13ClFN/c1-6-3-8(7(2)5-13)10(12)9(11)4-6/h3-4,7H,5,13H2,1-2H3. The third-order valence-electron chi connectivity index (χ3n) is 2.09. The summed E-state index contributed by atoms with van der Waals surface area (Å²) in [5.41, 5.74) is 7.03. The monoisotopic (exact) mass is 201 g/mol. The van der Waals surface area contributed by atoms with Crippen LogP contribution in [0.3, 0.4) is 0 Å². The van der Waals surface area contributed by atoms with Crippen molar-refractivity contribution >= 4 is 11.6 Å². The molecule has 1 atom stereocenters. The van der Waals surface area contributed by atoms with E-state index in [4.69, 9.17) is 17.3 Å². The molecule has 72 valence electrons. The third-order valence-corrected chi connectivity index (χ3v) is 2.36. The topological polar surface area (TPSA) is 26.0 Å². The molecule has 2 N–H and O–H groups in total. The molecule has 0 saturated carbocycles. The molecule has 0 fully saturated rings. The average molecular weight is 202 g/mol. The lowest BCUT2D eigenvalue weighted by atomic mass is 9.99. The highest BCUT2D eigenvalue weighted by Crippen LogP contribution is 2.25. The predicted molar refractivity (Wildman–Crippen MR) is 53.6 cm³/mol. The molecule has 13 heavy (non-hydrogen) atoms. The number of rotatable bonds is 2. The van der Waals surface area contributed by atoms with Crippen LogP contribution in [-0.4, -0.2) is 6.54 Å². The summed E-state index contributed by atoms with van der Waals surface area (Å²) in [5, 5.41) is 0.176. The smallest absolute Gasteiger partial charge is 0.145 e. The summed E-state index contributed by atoms with van der Waals surface area (Å²) < 4.78 is 13.4. The van der Waals surface area contributed by atoms with Gasteiger partial charge in [0, 0.05) is 0 Å². The Bertz CT molecular complexity index is 312. The Morgan fingerprint density at radius 2 is 2.15 bits per heavy atom. The van der Waals surface area contributed by atoms with Gasteiger partial charge in [0.15, 0.2) is 0 Å². The van der Waals surface area contributed by atoms with Crippen LogP contribution in [0.25, 0.3) is 0 Å². The van der Waals surface area contributed by atoms with E-state index >= 15 is 0 Å². The first-order valence-electron chi connectivity index (χ1n) is 4.22. The molecule has 1 rings (SSSR count). The van der Waals surface area contributed by atoms with Crippen LogP contribution >= 0.6 is 11.6 Å². The molecule has 0 saturated heterocycles. The summed E-state index contributed by atoms with van der Waals surface area (Å²) >= 11 is 5.70. The van der Waals surface area contributed by atoms with Crippen molar-refractivity contribution in [1.29, 1.82) is 0 Å². The van der Waals surface area contributed by atoms with E-state index in [-0.39, 0.29) is 16.8 Å². The van der Waals surface area contributed by atoms with E-state index in [0.717, 1.165) is 5.56 Å². The van der Waals surface area contributed by atoms with E-state index in [1.165, 1.54) is 0 Å². The summed E-state index contributed by atoms with van der Waals surface area (Å²) in [6.07, 6.45) is 0. The average Bonchev–Trinajstić information content (AvgIpc) is 2.10. The van der Waals surface area contributed by atoms with E-state index in [9.17, 15) is 4.39 Å². The van der Waals surface area contributed by atoms with Crippen LogP contribution in [0.2, 0.25) is 5.02 Å². The molecule has 0 aliphatic rings. The summed E-state index contributed by atoms with van der Waals surface area (Å²) in [4.78, 5) is 0. The Hall–Kier alpha value is -0.600. The van der Waals surface area contributed by atoms with Gasteiger partial charge in [-0.15, -0.1) is 0 Å². The zero-order chi connectivity index (χ0) is 10.0. The molecule has 0 radical (unpaired) electrons. The first kappa shape index (κ1) is 10.5. The van der Waals surface area contributed by atoms with Crippen LogP contribution in [0.4, 0.5) is 4.39 Å². The second kappa shape index (κ2) is 4.07. The van der Waals surface area contributed by atoms with Gasteiger partial charge in [-0.1, -0.05) is 24.6 Å². The molecular formula is C10H13ClFN. The van der Waals surface area contributed by atoms with Crippen molar-refractivity contribution in [2.45, 2.75) is 19.8 Å². The van der Waals surface area contributed by atoms with Gasteiger partial charge in [-0.25, -0.2) is 4.39 Å². The summed E-state index contributed by atoms with van der Waals surface area (Å²) in [5.74, 6) is -0.331. The number of halogens is 2. The van der Waals surface area contributed by atoms with Crippen molar-refractivity contribution in [3.05, 3.63) is 34.1 Å². The summed E-state index contributed by atoms with van der Waals surface area (Å²) in [6, 6.07) is 3.41. The predicted octanol–water partition coefficient (Wildman–Crippen LogP) is 2.85. The van der Waals surface area contributed by atoms with Crippen molar-refractivity contribution in [2.75, 3.05) is 6.54 Å². The Balaban J connectivity index is 3.20. The van der Waals surface area contributed by atoms with Crippen LogP contribution in [0.15, 0.2) is 12.1 Å². The SMILES string of the molecule is Cc1cc(Cl)c(F)c(C(C)CN)c1. The van der Waals surface area contributed by atoms with Gasteiger partial charge in [-0.2, -0.15) is 0 Å². The van der Waals surface area contributed by atoms with E-state index in [1.807, 2.05) is 13.8 Å². The van der Waals surface area contributed by atoms with E-state index in [2.05, 4.69) is 0 Å². The lowest BCUT2D eigenvalue weighted by Crippen LogP contribution is -2.10. The molecule has 1 aromatic rings. The largest absolute Gasteiger partial charge is 0.330 e. The molecular weight excluding hydrogens is 189 g/mol. The molecule has 0 aromatic heterocycles. The fourth-order valence-electron chi connectivity index (χ4n) is 1.24. The van der Waals surface area contributed by atoms with Gasteiger partial charge in [0.25, 0.3) is 0 Å². The van der Waals surface area contributed by atoms with Crippen molar-refractivity contribution < 1.29 is 4.39 Å². The highest BCUT2D eigenvalue weighted by Gasteiger charge is 2.12. The molecule has 1 nitrogen and oxygen atoms in total. The fraction of sp³-hybridized carbons (Fsp3) is 0.400. The van der Waals surface area contributed by atoms with Crippen LogP contribution < -0.4 is 5.73 Å². The molecule has 0 spiro atoms.